The Morgan fingerprint density at radius 3 is 2.41 bits per heavy atom. The number of nitrogens with zero attached hydrogens (tertiary/aromatic N) is 3. The molecule has 7 nitrogen and oxygen atoms in total. The molecule has 0 bridgehead atoms. The van der Waals surface area contributed by atoms with E-state index in [1.54, 1.807) is 0 Å². The summed E-state index contributed by atoms with van der Waals surface area (Å²) in [5.74, 6) is 0.627. The number of piperidine rings is 1. The van der Waals surface area contributed by atoms with Crippen molar-refractivity contribution in [3.8, 4) is 5.75 Å². The van der Waals surface area contributed by atoms with Crippen LogP contribution in [0.3, 0.4) is 0 Å². The summed E-state index contributed by atoms with van der Waals surface area (Å²) in [7, 11) is 0. The first-order chi connectivity index (χ1) is 14.1. The smallest absolute Gasteiger partial charge is 0.218 e. The Labute approximate surface area is 174 Å². The number of aliphatic hydroxyl groups is 1. The first-order valence-electron chi connectivity index (χ1n) is 10.9. The highest BCUT2D eigenvalue weighted by molar-refractivity contribution is 5.73. The fourth-order valence-electron chi connectivity index (χ4n) is 4.13. The lowest BCUT2D eigenvalue weighted by atomic mass is 10.1. The van der Waals surface area contributed by atoms with Gasteiger partial charge in [-0.25, -0.2) is 0 Å². The Morgan fingerprint density at radius 2 is 1.69 bits per heavy atom. The molecule has 0 saturated carbocycles. The van der Waals surface area contributed by atoms with Gasteiger partial charge >= 0.3 is 0 Å². The van der Waals surface area contributed by atoms with Gasteiger partial charge in [-0.2, -0.15) is 0 Å². The molecule has 0 radical (unpaired) electrons. The molecule has 2 fully saturated rings. The lowest BCUT2D eigenvalue weighted by Gasteiger charge is -2.34. The van der Waals surface area contributed by atoms with Gasteiger partial charge < -0.3 is 25.4 Å². The second-order valence-corrected chi connectivity index (χ2v) is 8.27. The lowest BCUT2D eigenvalue weighted by Crippen LogP contribution is -2.46. The minimum atomic E-state index is -0.463. The predicted octanol–water partition coefficient (Wildman–Crippen LogP) is 0.905. The molecule has 29 heavy (non-hydrogen) atoms. The first kappa shape index (κ1) is 22.0. The molecule has 2 aliphatic rings. The SMILES string of the molecule is NC(=O)CCN1CCN(Cc2ccccc2OC[C@H](O)CN2CCCCC2)CC1. The van der Waals surface area contributed by atoms with Gasteiger partial charge in [-0.1, -0.05) is 24.6 Å². The number of para-hydroxylation sites is 1. The zero-order valence-electron chi connectivity index (χ0n) is 17.5. The van der Waals surface area contributed by atoms with E-state index in [1.165, 1.54) is 19.3 Å². The van der Waals surface area contributed by atoms with Crippen LogP contribution in [0.5, 0.6) is 5.75 Å². The number of carbonyl (C=O) groups is 1. The molecule has 0 spiro atoms. The van der Waals surface area contributed by atoms with Crippen LogP contribution < -0.4 is 10.5 Å². The number of β-amino-alcohol motifs (C(OH)–C–C–N with tert-alkyl or cyclic N) is 1. The highest BCUT2D eigenvalue weighted by Crippen LogP contribution is 2.21. The highest BCUT2D eigenvalue weighted by Gasteiger charge is 2.19. The fourth-order valence-corrected chi connectivity index (χ4v) is 4.13. The molecule has 2 heterocycles. The van der Waals surface area contributed by atoms with Crippen molar-refractivity contribution in [1.82, 2.24) is 14.7 Å². The number of ether oxygens (including phenoxy) is 1. The van der Waals surface area contributed by atoms with Crippen molar-refractivity contribution in [3.05, 3.63) is 29.8 Å². The van der Waals surface area contributed by atoms with Crippen LogP contribution >= 0.6 is 0 Å². The van der Waals surface area contributed by atoms with Gasteiger partial charge in [0, 0.05) is 57.8 Å². The molecule has 162 valence electrons. The molecule has 1 atom stereocenters. The van der Waals surface area contributed by atoms with Crippen molar-refractivity contribution in [1.29, 1.82) is 0 Å². The Kier molecular flexibility index (Phi) is 8.73. The van der Waals surface area contributed by atoms with Gasteiger partial charge in [0.05, 0.1) is 0 Å². The number of hydrogen-bond acceptors (Lipinski definition) is 6. The molecule has 1 aromatic carbocycles. The number of carbonyl (C=O) groups excluding carboxylic acids is 1. The third-order valence-electron chi connectivity index (χ3n) is 5.85. The molecule has 3 rings (SSSR count). The van der Waals surface area contributed by atoms with E-state index in [-0.39, 0.29) is 5.91 Å². The quantitative estimate of drug-likeness (QED) is 0.603. The summed E-state index contributed by atoms with van der Waals surface area (Å²) < 4.78 is 6.00. The van der Waals surface area contributed by atoms with E-state index >= 15 is 0 Å². The maximum absolute atomic E-state index is 11.0. The third kappa shape index (κ3) is 7.59. The van der Waals surface area contributed by atoms with E-state index in [0.29, 0.717) is 19.6 Å². The van der Waals surface area contributed by atoms with Crippen LogP contribution in [0.15, 0.2) is 24.3 Å². The van der Waals surface area contributed by atoms with Crippen LogP contribution in [-0.4, -0.2) is 90.8 Å². The monoisotopic (exact) mass is 404 g/mol. The Hall–Kier alpha value is -1.67. The van der Waals surface area contributed by atoms with Crippen LogP contribution in [0.1, 0.15) is 31.2 Å². The molecular weight excluding hydrogens is 368 g/mol. The number of nitrogens with two attached hydrogens (primary N) is 1. The van der Waals surface area contributed by atoms with Crippen LogP contribution in [0.25, 0.3) is 0 Å². The van der Waals surface area contributed by atoms with E-state index in [4.69, 9.17) is 10.5 Å². The lowest BCUT2D eigenvalue weighted by molar-refractivity contribution is -0.118. The zero-order valence-corrected chi connectivity index (χ0v) is 17.5. The second-order valence-electron chi connectivity index (χ2n) is 8.27. The minimum Gasteiger partial charge on any atom is -0.491 e. The van der Waals surface area contributed by atoms with Crippen molar-refractivity contribution in [2.24, 2.45) is 5.73 Å². The number of benzene rings is 1. The van der Waals surface area contributed by atoms with E-state index < -0.39 is 6.10 Å². The molecule has 1 aromatic rings. The summed E-state index contributed by atoms with van der Waals surface area (Å²) in [6.07, 6.45) is 3.72. The van der Waals surface area contributed by atoms with Gasteiger partial charge in [-0.05, 0) is 32.0 Å². The Morgan fingerprint density at radius 1 is 1.00 bits per heavy atom. The number of likely N-dealkylation sites (tertiary alicyclic amines) is 1. The van der Waals surface area contributed by atoms with Crippen LogP contribution in [0, 0.1) is 0 Å². The molecule has 1 amide bonds. The van der Waals surface area contributed by atoms with Gasteiger partial charge in [-0.3, -0.25) is 9.69 Å². The predicted molar refractivity (Wildman–Crippen MR) is 114 cm³/mol. The summed E-state index contributed by atoms with van der Waals surface area (Å²) in [5.41, 5.74) is 6.40. The fraction of sp³-hybridized carbons (Fsp3) is 0.682. The summed E-state index contributed by atoms with van der Waals surface area (Å²) >= 11 is 0. The number of piperazine rings is 1. The molecule has 0 aliphatic carbocycles. The highest BCUT2D eigenvalue weighted by atomic mass is 16.5. The summed E-state index contributed by atoms with van der Waals surface area (Å²) in [5, 5.41) is 10.4. The number of primary amides is 1. The van der Waals surface area contributed by atoms with Crippen LogP contribution in [0.4, 0.5) is 0 Å². The van der Waals surface area contributed by atoms with Gasteiger partial charge in [0.1, 0.15) is 18.5 Å². The number of hydrogen-bond donors (Lipinski definition) is 2. The molecule has 3 N–H and O–H groups in total. The van der Waals surface area contributed by atoms with Crippen molar-refractivity contribution in [3.63, 3.8) is 0 Å². The standard InChI is InChI=1S/C22H36N4O3/c23-22(28)8-11-24-12-14-26(15-13-24)16-19-6-2-3-7-21(19)29-18-20(27)17-25-9-4-1-5-10-25/h2-3,6-7,20,27H,1,4-5,8-18H2,(H2,23,28)/t20-/m1/s1. The summed E-state index contributed by atoms with van der Waals surface area (Å²) in [6, 6.07) is 8.12. The molecule has 2 saturated heterocycles. The maximum atomic E-state index is 11.0. The van der Waals surface area contributed by atoms with Gasteiger partial charge in [0.15, 0.2) is 0 Å². The van der Waals surface area contributed by atoms with Crippen molar-refractivity contribution < 1.29 is 14.6 Å². The maximum Gasteiger partial charge on any atom is 0.218 e. The van der Waals surface area contributed by atoms with Gasteiger partial charge in [0.25, 0.3) is 0 Å². The van der Waals surface area contributed by atoms with Crippen molar-refractivity contribution in [2.75, 3.05) is 59.0 Å². The van der Waals surface area contributed by atoms with E-state index in [0.717, 1.165) is 63.7 Å². The van der Waals surface area contributed by atoms with E-state index in [9.17, 15) is 9.90 Å². The van der Waals surface area contributed by atoms with Gasteiger partial charge in [0.2, 0.25) is 5.91 Å². The molecule has 2 aliphatic heterocycles. The van der Waals surface area contributed by atoms with E-state index in [1.807, 2.05) is 18.2 Å². The number of aliphatic hydroxyl groups excluding tert-OH is 1. The normalized spacial score (nSPS) is 20.4. The van der Waals surface area contributed by atoms with Crippen molar-refractivity contribution in [2.45, 2.75) is 38.3 Å². The molecular formula is C22H36N4O3. The minimum absolute atomic E-state index is 0.235. The average molecular weight is 405 g/mol. The molecule has 0 aromatic heterocycles. The third-order valence-corrected chi connectivity index (χ3v) is 5.85. The zero-order chi connectivity index (χ0) is 20.5. The first-order valence-corrected chi connectivity index (χ1v) is 10.9. The van der Waals surface area contributed by atoms with Crippen LogP contribution in [0.2, 0.25) is 0 Å². The average Bonchev–Trinajstić information content (AvgIpc) is 2.73. The molecule has 0 unspecified atom stereocenters. The topological polar surface area (TPSA) is 82.3 Å². The van der Waals surface area contributed by atoms with Crippen molar-refractivity contribution >= 4 is 5.91 Å². The molecule has 7 heteroatoms. The summed E-state index contributed by atoms with van der Waals surface area (Å²) in [4.78, 5) is 18.0. The second kappa shape index (κ2) is 11.5. The van der Waals surface area contributed by atoms with E-state index in [2.05, 4.69) is 20.8 Å². The summed E-state index contributed by atoms with van der Waals surface area (Å²) in [6.45, 7) is 8.59. The largest absolute Gasteiger partial charge is 0.491 e. The van der Waals surface area contributed by atoms with Crippen LogP contribution in [-0.2, 0) is 11.3 Å². The number of rotatable bonds is 10. The van der Waals surface area contributed by atoms with Gasteiger partial charge in [-0.15, -0.1) is 0 Å². The Bertz CT molecular complexity index is 628. The number of amides is 1. The Balaban J connectivity index is 1.43.